The molecule has 6 rings (SSSR count). The maximum Gasteiger partial charge on any atom is 0.331 e. The molecule has 0 bridgehead atoms. The van der Waals surface area contributed by atoms with E-state index in [0.29, 0.717) is 5.56 Å². The van der Waals surface area contributed by atoms with Crippen molar-refractivity contribution in [3.05, 3.63) is 76.5 Å². The number of phenolic OH excluding ortho intramolecular Hbond substituents is 4. The zero-order chi connectivity index (χ0) is 40.4. The van der Waals surface area contributed by atoms with Gasteiger partial charge in [-0.2, -0.15) is 0 Å². The Hall–Kier alpha value is -5.48. The van der Waals surface area contributed by atoms with Gasteiger partial charge in [0.2, 0.25) is 17.5 Å². The molecule has 3 heterocycles. The third-order valence-corrected chi connectivity index (χ3v) is 9.09. The van der Waals surface area contributed by atoms with Crippen molar-refractivity contribution >= 4 is 23.0 Å². The summed E-state index contributed by atoms with van der Waals surface area (Å²) >= 11 is 0. The van der Waals surface area contributed by atoms with Gasteiger partial charge in [0.25, 0.3) is 0 Å². The summed E-state index contributed by atoms with van der Waals surface area (Å²) < 4.78 is 39.2. The van der Waals surface area contributed by atoms with E-state index in [1.54, 1.807) is 0 Å². The summed E-state index contributed by atoms with van der Waals surface area (Å²) in [6, 6.07) is 11.4. The molecular formula is C37H38O19. The lowest BCUT2D eigenvalue weighted by molar-refractivity contribution is -0.352. The molecule has 19 heteroatoms. The van der Waals surface area contributed by atoms with Crippen molar-refractivity contribution in [3.63, 3.8) is 0 Å². The van der Waals surface area contributed by atoms with Crippen LogP contribution in [0.2, 0.25) is 0 Å². The van der Waals surface area contributed by atoms with E-state index in [1.807, 2.05) is 0 Å². The Kier molecular flexibility index (Phi) is 12.0. The maximum atomic E-state index is 13.8. The second-order valence-electron chi connectivity index (χ2n) is 12.8. The summed E-state index contributed by atoms with van der Waals surface area (Å²) in [7, 11) is 1.33. The van der Waals surface area contributed by atoms with Crippen LogP contribution in [0.4, 0.5) is 0 Å². The van der Waals surface area contributed by atoms with Gasteiger partial charge in [-0.15, -0.1) is 0 Å². The minimum absolute atomic E-state index is 0.115. The molecule has 19 nitrogen and oxygen atoms in total. The number of aliphatic hydroxyl groups is 6. The van der Waals surface area contributed by atoms with Crippen LogP contribution in [0.1, 0.15) is 5.56 Å². The molecule has 4 aromatic rings. The summed E-state index contributed by atoms with van der Waals surface area (Å²) in [5.74, 6) is -3.34. The second kappa shape index (κ2) is 16.7. The van der Waals surface area contributed by atoms with Gasteiger partial charge in [-0.25, -0.2) is 4.79 Å². The Balaban J connectivity index is 1.26. The third kappa shape index (κ3) is 8.07. The van der Waals surface area contributed by atoms with E-state index in [0.717, 1.165) is 18.2 Å². The van der Waals surface area contributed by atoms with Crippen molar-refractivity contribution in [2.24, 2.45) is 0 Å². The maximum absolute atomic E-state index is 13.8. The fraction of sp³-hybridized carbons (Fsp3) is 0.351. The minimum Gasteiger partial charge on any atom is -0.508 e. The molecule has 0 aliphatic carbocycles. The zero-order valence-electron chi connectivity index (χ0n) is 29.2. The molecule has 10 atom stereocenters. The first-order valence-corrected chi connectivity index (χ1v) is 16.9. The molecule has 2 aliphatic heterocycles. The van der Waals surface area contributed by atoms with Crippen molar-refractivity contribution in [1.29, 1.82) is 0 Å². The molecular weight excluding hydrogens is 748 g/mol. The lowest BCUT2D eigenvalue weighted by atomic mass is 9.96. The number of methoxy groups -OCH3 is 1. The number of ether oxygens (including phenoxy) is 6. The number of phenols is 4. The number of hydrogen-bond donors (Lipinski definition) is 10. The van der Waals surface area contributed by atoms with Gasteiger partial charge in [0.05, 0.1) is 20.3 Å². The quantitative estimate of drug-likeness (QED) is 0.0680. The fourth-order valence-corrected chi connectivity index (χ4v) is 6.19. The summed E-state index contributed by atoms with van der Waals surface area (Å²) in [5.41, 5.74) is -0.714. The van der Waals surface area contributed by atoms with Crippen LogP contribution in [0.25, 0.3) is 28.4 Å². The van der Waals surface area contributed by atoms with E-state index in [-0.39, 0.29) is 34.2 Å². The number of fused-ring (bicyclic) bond motifs is 1. The predicted octanol–water partition coefficient (Wildman–Crippen LogP) is -0.442. The first-order valence-electron chi connectivity index (χ1n) is 16.9. The van der Waals surface area contributed by atoms with Crippen molar-refractivity contribution in [2.75, 3.05) is 20.3 Å². The summed E-state index contributed by atoms with van der Waals surface area (Å²) in [6.07, 6.45) is -16.1. The van der Waals surface area contributed by atoms with E-state index in [9.17, 15) is 60.7 Å². The topological polar surface area (TPSA) is 305 Å². The predicted molar refractivity (Wildman–Crippen MR) is 188 cm³/mol. The molecule has 3 aromatic carbocycles. The fourth-order valence-electron chi connectivity index (χ4n) is 6.19. The molecule has 2 fully saturated rings. The van der Waals surface area contributed by atoms with Crippen molar-refractivity contribution in [1.82, 2.24) is 0 Å². The van der Waals surface area contributed by atoms with Gasteiger partial charge in [-0.05, 0) is 48.0 Å². The highest BCUT2D eigenvalue weighted by Gasteiger charge is 2.52. The van der Waals surface area contributed by atoms with E-state index in [2.05, 4.69) is 0 Å². The number of hydrogen-bond acceptors (Lipinski definition) is 19. The molecule has 0 amide bonds. The van der Waals surface area contributed by atoms with Crippen LogP contribution >= 0.6 is 0 Å². The first-order chi connectivity index (χ1) is 26.7. The molecule has 10 N–H and O–H groups in total. The van der Waals surface area contributed by atoms with Crippen LogP contribution < -0.4 is 14.9 Å². The standard InChI is InChI=1S/C37H38O19/c1-50-21-10-15(2-8-19(21)42)3-9-25(44)54-35-29(47)27(45)23(13-38)52-37(35)55-33-24(14-39)53-36(31(49)30(33)48)56-34-28(46)26-20(43)11-18(41)12-22(26)51-32(34)16-4-6-17(40)7-5-16/h2-12,23-24,27,29-31,33,35-43,45,47-49H,13-14H2,1H3/t23-,24-,27+,29+,30-,31-,33-,35-,36+,37+/m1/s1. The summed E-state index contributed by atoms with van der Waals surface area (Å²) in [4.78, 5) is 26.7. The Morgan fingerprint density at radius 2 is 1.45 bits per heavy atom. The lowest BCUT2D eigenvalue weighted by Crippen LogP contribution is -2.65. The van der Waals surface area contributed by atoms with Crippen molar-refractivity contribution in [3.8, 4) is 45.8 Å². The van der Waals surface area contributed by atoms with E-state index >= 15 is 0 Å². The molecule has 2 saturated heterocycles. The number of aliphatic hydroxyl groups excluding tert-OH is 6. The van der Waals surface area contributed by atoms with Crippen LogP contribution in [-0.2, 0) is 23.7 Å². The molecule has 0 saturated carbocycles. The Labute approximate surface area is 315 Å². The smallest absolute Gasteiger partial charge is 0.331 e. The average Bonchev–Trinajstić information content (AvgIpc) is 3.17. The van der Waals surface area contributed by atoms with Crippen LogP contribution in [0, 0.1) is 0 Å². The van der Waals surface area contributed by atoms with Gasteiger partial charge >= 0.3 is 5.97 Å². The SMILES string of the molecule is COc1cc(C=CC(=O)O[C@H]2[C@H](O[C@H]3[C@H](O)[C@@H](O)[C@H](Oc4c(-c5ccc(O)cc5)oc5cc(O)cc(O)c5c4=O)O[C@@H]3CO)O[C@H](CO)[C@H](O)[C@@H]2O)ccc1O. The Bertz CT molecular complexity index is 2110. The monoisotopic (exact) mass is 786 g/mol. The lowest BCUT2D eigenvalue weighted by Gasteiger charge is -2.46. The highest BCUT2D eigenvalue weighted by molar-refractivity contribution is 5.88. The van der Waals surface area contributed by atoms with Crippen LogP contribution in [-0.4, -0.2) is 139 Å². The number of benzene rings is 3. The average molecular weight is 787 g/mol. The second-order valence-corrected chi connectivity index (χ2v) is 12.8. The van der Waals surface area contributed by atoms with E-state index in [1.165, 1.54) is 55.7 Å². The van der Waals surface area contributed by atoms with Crippen LogP contribution in [0.3, 0.4) is 0 Å². The molecule has 2 aliphatic rings. The molecule has 56 heavy (non-hydrogen) atoms. The van der Waals surface area contributed by atoms with Gasteiger partial charge in [0.15, 0.2) is 29.7 Å². The molecule has 0 unspecified atom stereocenters. The number of carbonyl (C=O) groups is 1. The summed E-state index contributed by atoms with van der Waals surface area (Å²) in [6.45, 7) is -1.78. The van der Waals surface area contributed by atoms with E-state index in [4.69, 9.17) is 32.8 Å². The Morgan fingerprint density at radius 3 is 2.12 bits per heavy atom. The van der Waals surface area contributed by atoms with Crippen molar-refractivity contribution in [2.45, 2.75) is 61.4 Å². The Morgan fingerprint density at radius 1 is 0.768 bits per heavy atom. The molecule has 1 aromatic heterocycles. The minimum atomic E-state index is -2.09. The third-order valence-electron chi connectivity index (χ3n) is 9.09. The number of rotatable bonds is 11. The highest BCUT2D eigenvalue weighted by Crippen LogP contribution is 2.38. The number of carbonyl (C=O) groups excluding carboxylic acids is 1. The van der Waals surface area contributed by atoms with Gasteiger partial charge in [-0.1, -0.05) is 6.07 Å². The van der Waals surface area contributed by atoms with Gasteiger partial charge in [0, 0.05) is 23.8 Å². The number of esters is 1. The van der Waals surface area contributed by atoms with Crippen LogP contribution in [0.5, 0.6) is 34.5 Å². The number of aromatic hydroxyl groups is 4. The first kappa shape index (κ1) is 40.2. The molecule has 0 spiro atoms. The summed E-state index contributed by atoms with van der Waals surface area (Å²) in [5, 5.41) is 104. The van der Waals surface area contributed by atoms with Crippen molar-refractivity contribution < 1.29 is 88.7 Å². The van der Waals surface area contributed by atoms with Gasteiger partial charge in [-0.3, -0.25) is 4.79 Å². The largest absolute Gasteiger partial charge is 0.508 e. The van der Waals surface area contributed by atoms with Gasteiger partial charge < -0.3 is 83.9 Å². The van der Waals surface area contributed by atoms with E-state index < -0.39 is 109 Å². The normalized spacial score (nSPS) is 28.0. The van der Waals surface area contributed by atoms with Gasteiger partial charge in [0.1, 0.15) is 70.9 Å². The molecule has 300 valence electrons. The molecule has 0 radical (unpaired) electrons. The van der Waals surface area contributed by atoms with Crippen LogP contribution in [0.15, 0.2) is 69.9 Å². The zero-order valence-corrected chi connectivity index (χ0v) is 29.2. The highest BCUT2D eigenvalue weighted by atomic mass is 16.7.